The number of nitrogen functional groups attached to an aromatic ring is 1. The summed E-state index contributed by atoms with van der Waals surface area (Å²) < 4.78 is 6.48. The van der Waals surface area contributed by atoms with E-state index < -0.39 is 0 Å². The average Bonchev–Trinajstić information content (AvgIpc) is 2.29. The molecule has 1 heterocycles. The molecule has 5 heteroatoms. The molecule has 0 aliphatic rings. The smallest absolute Gasteiger partial charge is 0.160 e. The van der Waals surface area contributed by atoms with Crippen LogP contribution in [-0.4, -0.2) is 16.6 Å². The Morgan fingerprint density at radius 2 is 1.94 bits per heavy atom. The second-order valence-electron chi connectivity index (χ2n) is 4.20. The minimum absolute atomic E-state index is 0.0966. The molecule has 0 spiro atoms. The summed E-state index contributed by atoms with van der Waals surface area (Å²) in [4.78, 5) is 8.85. The Morgan fingerprint density at radius 3 is 2.41 bits per heavy atom. The maximum Gasteiger partial charge on any atom is 0.160 e. The first-order valence-electron chi connectivity index (χ1n) is 5.94. The van der Waals surface area contributed by atoms with E-state index in [0.29, 0.717) is 24.2 Å². The van der Waals surface area contributed by atoms with Crippen LogP contribution in [0.2, 0.25) is 0 Å². The normalized spacial score (nSPS) is 13.1. The SMILES string of the molecule is CCOC(c1nc(N)c(Br)c(CC)n1)C(C)C. The highest BCUT2D eigenvalue weighted by atomic mass is 79.9. The highest BCUT2D eigenvalue weighted by Crippen LogP contribution is 2.28. The molecule has 2 N–H and O–H groups in total. The van der Waals surface area contributed by atoms with Crippen molar-refractivity contribution in [3.8, 4) is 0 Å². The zero-order valence-corrected chi connectivity index (χ0v) is 12.4. The van der Waals surface area contributed by atoms with Gasteiger partial charge in [0.05, 0.1) is 10.2 Å². The molecule has 96 valence electrons. The molecule has 1 aromatic rings. The number of nitrogens with zero attached hydrogens (tertiary/aromatic N) is 2. The Balaban J connectivity index is 3.15. The van der Waals surface area contributed by atoms with Crippen LogP contribution in [0.5, 0.6) is 0 Å². The maximum atomic E-state index is 5.88. The Hall–Kier alpha value is -0.680. The number of anilines is 1. The molecule has 4 nitrogen and oxygen atoms in total. The molecule has 17 heavy (non-hydrogen) atoms. The van der Waals surface area contributed by atoms with Crippen molar-refractivity contribution < 1.29 is 4.74 Å². The van der Waals surface area contributed by atoms with Crippen LogP contribution in [0.3, 0.4) is 0 Å². The van der Waals surface area contributed by atoms with Crippen molar-refractivity contribution in [1.82, 2.24) is 9.97 Å². The van der Waals surface area contributed by atoms with E-state index in [1.165, 1.54) is 0 Å². The average molecular weight is 302 g/mol. The summed E-state index contributed by atoms with van der Waals surface area (Å²) in [6.07, 6.45) is 0.720. The summed E-state index contributed by atoms with van der Waals surface area (Å²) in [5, 5.41) is 0. The highest BCUT2D eigenvalue weighted by molar-refractivity contribution is 9.10. The molecule has 1 unspecified atom stereocenters. The summed E-state index contributed by atoms with van der Waals surface area (Å²) >= 11 is 3.41. The van der Waals surface area contributed by atoms with Gasteiger partial charge in [-0.2, -0.15) is 0 Å². The second-order valence-corrected chi connectivity index (χ2v) is 4.99. The quantitative estimate of drug-likeness (QED) is 0.908. The van der Waals surface area contributed by atoms with Crippen molar-refractivity contribution in [2.24, 2.45) is 5.92 Å². The zero-order valence-electron chi connectivity index (χ0n) is 10.8. The third-order valence-electron chi connectivity index (χ3n) is 2.50. The molecule has 0 fully saturated rings. The molecule has 0 aromatic carbocycles. The fraction of sp³-hybridized carbons (Fsp3) is 0.667. The first kappa shape index (κ1) is 14.4. The summed E-state index contributed by atoms with van der Waals surface area (Å²) in [5.74, 6) is 1.48. The topological polar surface area (TPSA) is 61.0 Å². The van der Waals surface area contributed by atoms with Gasteiger partial charge in [-0.25, -0.2) is 9.97 Å². The molecule has 1 atom stereocenters. The Bertz CT molecular complexity index is 382. The predicted molar refractivity (Wildman–Crippen MR) is 72.7 cm³/mol. The first-order chi connectivity index (χ1) is 8.01. The van der Waals surface area contributed by atoms with Crippen LogP contribution in [0.4, 0.5) is 5.82 Å². The van der Waals surface area contributed by atoms with Gasteiger partial charge in [-0.05, 0) is 35.2 Å². The summed E-state index contributed by atoms with van der Waals surface area (Å²) in [5.41, 5.74) is 6.81. The number of aryl methyl sites for hydroxylation is 1. The highest BCUT2D eigenvalue weighted by Gasteiger charge is 2.21. The first-order valence-corrected chi connectivity index (χ1v) is 6.73. The second kappa shape index (κ2) is 6.31. The van der Waals surface area contributed by atoms with Gasteiger partial charge in [0.2, 0.25) is 0 Å². The Kier molecular flexibility index (Phi) is 5.33. The van der Waals surface area contributed by atoms with Gasteiger partial charge < -0.3 is 10.5 Å². The largest absolute Gasteiger partial charge is 0.383 e. The minimum atomic E-state index is -0.0966. The maximum absolute atomic E-state index is 5.88. The van der Waals surface area contributed by atoms with Crippen LogP contribution >= 0.6 is 15.9 Å². The van der Waals surface area contributed by atoms with E-state index in [2.05, 4.69) is 39.7 Å². The zero-order chi connectivity index (χ0) is 13.0. The minimum Gasteiger partial charge on any atom is -0.383 e. The number of halogens is 1. The molecule has 0 saturated carbocycles. The van der Waals surface area contributed by atoms with Crippen molar-refractivity contribution in [2.75, 3.05) is 12.3 Å². The lowest BCUT2D eigenvalue weighted by molar-refractivity contribution is 0.0231. The van der Waals surface area contributed by atoms with Gasteiger partial charge in [-0.15, -0.1) is 0 Å². The fourth-order valence-corrected chi connectivity index (χ4v) is 2.10. The van der Waals surface area contributed by atoms with E-state index in [0.717, 1.165) is 16.6 Å². The van der Waals surface area contributed by atoms with Crippen LogP contribution in [0.1, 0.15) is 45.3 Å². The van der Waals surface area contributed by atoms with Crippen molar-refractivity contribution >= 4 is 21.7 Å². The number of rotatable bonds is 5. The van der Waals surface area contributed by atoms with Crippen LogP contribution < -0.4 is 5.73 Å². The molecule has 0 aliphatic carbocycles. The summed E-state index contributed by atoms with van der Waals surface area (Å²) in [6.45, 7) is 8.84. The van der Waals surface area contributed by atoms with Crippen LogP contribution in [0.15, 0.2) is 4.47 Å². The van der Waals surface area contributed by atoms with Gasteiger partial charge in [0.1, 0.15) is 11.9 Å². The van der Waals surface area contributed by atoms with E-state index in [4.69, 9.17) is 10.5 Å². The van der Waals surface area contributed by atoms with Crippen molar-refractivity contribution in [3.05, 3.63) is 16.0 Å². The molecule has 0 aliphatic heterocycles. The number of hydrogen-bond donors (Lipinski definition) is 1. The van der Waals surface area contributed by atoms with Gasteiger partial charge in [-0.3, -0.25) is 0 Å². The number of aromatic nitrogens is 2. The van der Waals surface area contributed by atoms with E-state index >= 15 is 0 Å². The molecule has 0 radical (unpaired) electrons. The summed E-state index contributed by atoms with van der Waals surface area (Å²) in [7, 11) is 0. The third kappa shape index (κ3) is 3.39. The van der Waals surface area contributed by atoms with E-state index in [-0.39, 0.29) is 6.10 Å². The van der Waals surface area contributed by atoms with Crippen LogP contribution in [0.25, 0.3) is 0 Å². The lowest BCUT2D eigenvalue weighted by Crippen LogP contribution is -2.17. The Labute approximate surface area is 111 Å². The monoisotopic (exact) mass is 301 g/mol. The predicted octanol–water partition coefficient (Wildman–Crippen LogP) is 3.12. The standard InChI is InChI=1S/C12H20BrN3O/c1-5-8-9(13)11(14)16-12(15-8)10(7(3)4)17-6-2/h7,10H,5-6H2,1-4H3,(H2,14,15,16). The van der Waals surface area contributed by atoms with Gasteiger partial charge in [0, 0.05) is 6.61 Å². The molecule has 1 rings (SSSR count). The van der Waals surface area contributed by atoms with E-state index in [1.807, 2.05) is 13.8 Å². The van der Waals surface area contributed by atoms with E-state index in [1.54, 1.807) is 0 Å². The fourth-order valence-electron chi connectivity index (χ4n) is 1.64. The number of hydrogen-bond acceptors (Lipinski definition) is 4. The van der Waals surface area contributed by atoms with Crippen molar-refractivity contribution in [2.45, 2.75) is 40.2 Å². The third-order valence-corrected chi connectivity index (χ3v) is 3.37. The van der Waals surface area contributed by atoms with Crippen molar-refractivity contribution in [3.63, 3.8) is 0 Å². The number of ether oxygens (including phenoxy) is 1. The lowest BCUT2D eigenvalue weighted by Gasteiger charge is -2.20. The molecular weight excluding hydrogens is 282 g/mol. The van der Waals surface area contributed by atoms with E-state index in [9.17, 15) is 0 Å². The van der Waals surface area contributed by atoms with Gasteiger partial charge in [-0.1, -0.05) is 20.8 Å². The molecular formula is C12H20BrN3O. The number of nitrogens with two attached hydrogens (primary N) is 1. The van der Waals surface area contributed by atoms with Gasteiger partial charge in [0.15, 0.2) is 5.82 Å². The molecule has 1 aromatic heterocycles. The Morgan fingerprint density at radius 1 is 1.29 bits per heavy atom. The molecule has 0 bridgehead atoms. The van der Waals surface area contributed by atoms with Gasteiger partial charge >= 0.3 is 0 Å². The van der Waals surface area contributed by atoms with Crippen LogP contribution in [0, 0.1) is 5.92 Å². The summed E-state index contributed by atoms with van der Waals surface area (Å²) in [6, 6.07) is 0. The molecule has 0 saturated heterocycles. The van der Waals surface area contributed by atoms with Gasteiger partial charge in [0.25, 0.3) is 0 Å². The van der Waals surface area contributed by atoms with Crippen LogP contribution in [-0.2, 0) is 11.2 Å². The lowest BCUT2D eigenvalue weighted by atomic mass is 10.1. The molecule has 0 amide bonds. The van der Waals surface area contributed by atoms with Crippen molar-refractivity contribution in [1.29, 1.82) is 0 Å².